The van der Waals surface area contributed by atoms with Crippen molar-refractivity contribution in [3.63, 3.8) is 0 Å². The third kappa shape index (κ3) is 3.85. The van der Waals surface area contributed by atoms with Crippen molar-refractivity contribution in [2.45, 2.75) is 77.3 Å². The van der Waals surface area contributed by atoms with E-state index in [2.05, 4.69) is 4.98 Å². The predicted octanol–water partition coefficient (Wildman–Crippen LogP) is 3.02. The second-order valence-electron chi connectivity index (χ2n) is 8.27. The van der Waals surface area contributed by atoms with Gasteiger partial charge in [0.1, 0.15) is 0 Å². The summed E-state index contributed by atoms with van der Waals surface area (Å²) < 4.78 is 0. The zero-order chi connectivity index (χ0) is 18.8. The van der Waals surface area contributed by atoms with E-state index >= 15 is 0 Å². The summed E-state index contributed by atoms with van der Waals surface area (Å²) in [5, 5.41) is 0. The van der Waals surface area contributed by atoms with Crippen molar-refractivity contribution in [2.75, 3.05) is 13.1 Å². The van der Waals surface area contributed by atoms with Gasteiger partial charge in [0.2, 0.25) is 11.8 Å². The largest absolute Gasteiger partial charge is 0.338 e. The third-order valence-corrected chi connectivity index (χ3v) is 6.42. The molecule has 1 aromatic rings. The van der Waals surface area contributed by atoms with Gasteiger partial charge < -0.3 is 9.80 Å². The summed E-state index contributed by atoms with van der Waals surface area (Å²) >= 11 is 0. The molecule has 3 heterocycles. The number of carbonyl (C=O) groups is 2. The number of piperidine rings is 1. The van der Waals surface area contributed by atoms with E-state index in [1.54, 1.807) is 6.92 Å². The first-order chi connectivity index (χ1) is 13.1. The van der Waals surface area contributed by atoms with Gasteiger partial charge in [-0.3, -0.25) is 9.59 Å². The Morgan fingerprint density at radius 1 is 1.04 bits per heavy atom. The number of rotatable bonds is 2. The predicted molar refractivity (Wildman–Crippen MR) is 102 cm³/mol. The van der Waals surface area contributed by atoms with Crippen LogP contribution in [0.5, 0.6) is 0 Å². The Morgan fingerprint density at radius 2 is 1.81 bits per heavy atom. The van der Waals surface area contributed by atoms with Gasteiger partial charge in [-0.25, -0.2) is 9.97 Å². The molecule has 1 atom stereocenters. The molecule has 1 saturated carbocycles. The minimum absolute atomic E-state index is 0.00319. The molecule has 1 aliphatic carbocycles. The first-order valence-corrected chi connectivity index (χ1v) is 10.5. The highest BCUT2D eigenvalue weighted by Crippen LogP contribution is 2.31. The van der Waals surface area contributed by atoms with Crippen molar-refractivity contribution in [1.29, 1.82) is 0 Å². The van der Waals surface area contributed by atoms with Gasteiger partial charge in [0, 0.05) is 50.7 Å². The van der Waals surface area contributed by atoms with Crippen molar-refractivity contribution in [3.05, 3.63) is 23.3 Å². The van der Waals surface area contributed by atoms with Crippen LogP contribution in [-0.2, 0) is 22.6 Å². The zero-order valence-corrected chi connectivity index (χ0v) is 16.3. The van der Waals surface area contributed by atoms with E-state index in [-0.39, 0.29) is 17.9 Å². The lowest BCUT2D eigenvalue weighted by Gasteiger charge is -2.35. The maximum Gasteiger partial charge on any atom is 0.225 e. The van der Waals surface area contributed by atoms with Crippen molar-refractivity contribution >= 4 is 11.8 Å². The molecule has 1 unspecified atom stereocenters. The maximum absolute atomic E-state index is 12.8. The van der Waals surface area contributed by atoms with E-state index in [9.17, 15) is 9.59 Å². The Bertz CT molecular complexity index is 714. The summed E-state index contributed by atoms with van der Waals surface area (Å²) in [6.07, 6.45) is 11.5. The molecule has 1 aromatic heterocycles. The Morgan fingerprint density at radius 3 is 2.59 bits per heavy atom. The van der Waals surface area contributed by atoms with Gasteiger partial charge >= 0.3 is 0 Å². The van der Waals surface area contributed by atoms with E-state index in [1.165, 1.54) is 19.3 Å². The van der Waals surface area contributed by atoms with Crippen LogP contribution in [-0.4, -0.2) is 44.7 Å². The fourth-order valence-corrected chi connectivity index (χ4v) is 4.86. The SMILES string of the molecule is CC(=O)N1CCCCC1c1ncc2c(n1)CCN(C(=O)C1CCCCC1)C2. The lowest BCUT2D eigenvalue weighted by atomic mass is 9.88. The molecule has 0 radical (unpaired) electrons. The maximum atomic E-state index is 12.8. The van der Waals surface area contributed by atoms with E-state index in [0.717, 1.165) is 68.7 Å². The zero-order valence-electron chi connectivity index (χ0n) is 16.3. The Balaban J connectivity index is 1.48. The van der Waals surface area contributed by atoms with Crippen LogP contribution in [0.3, 0.4) is 0 Å². The van der Waals surface area contributed by atoms with Gasteiger partial charge in [-0.1, -0.05) is 19.3 Å². The van der Waals surface area contributed by atoms with E-state index in [0.29, 0.717) is 12.5 Å². The van der Waals surface area contributed by atoms with Gasteiger partial charge in [0.15, 0.2) is 5.82 Å². The molecule has 3 aliphatic rings. The third-order valence-electron chi connectivity index (χ3n) is 6.42. The van der Waals surface area contributed by atoms with Crippen LogP contribution in [0.1, 0.15) is 81.4 Å². The molecule has 6 heteroatoms. The molecule has 6 nitrogen and oxygen atoms in total. The van der Waals surface area contributed by atoms with Crippen LogP contribution >= 0.6 is 0 Å². The topological polar surface area (TPSA) is 66.4 Å². The van der Waals surface area contributed by atoms with Crippen LogP contribution < -0.4 is 0 Å². The number of fused-ring (bicyclic) bond motifs is 1. The Kier molecular flexibility index (Phi) is 5.41. The van der Waals surface area contributed by atoms with E-state index in [1.807, 2.05) is 16.0 Å². The van der Waals surface area contributed by atoms with Crippen molar-refractivity contribution in [3.8, 4) is 0 Å². The van der Waals surface area contributed by atoms with Crippen LogP contribution in [0, 0.1) is 5.92 Å². The summed E-state index contributed by atoms with van der Waals surface area (Å²) in [6.45, 7) is 3.81. The average Bonchev–Trinajstić information content (AvgIpc) is 2.73. The smallest absolute Gasteiger partial charge is 0.225 e. The van der Waals surface area contributed by atoms with Crippen LogP contribution in [0.25, 0.3) is 0 Å². The average molecular weight is 370 g/mol. The number of amides is 2. The Hall–Kier alpha value is -1.98. The molecule has 2 fully saturated rings. The van der Waals surface area contributed by atoms with Crippen LogP contribution in [0.2, 0.25) is 0 Å². The highest BCUT2D eigenvalue weighted by Gasteiger charge is 2.31. The lowest BCUT2D eigenvalue weighted by Crippen LogP contribution is -2.41. The fourth-order valence-electron chi connectivity index (χ4n) is 4.86. The van der Waals surface area contributed by atoms with Gasteiger partial charge in [-0.05, 0) is 32.1 Å². The molecule has 0 bridgehead atoms. The quantitative estimate of drug-likeness (QED) is 0.803. The number of hydrogen-bond donors (Lipinski definition) is 0. The first-order valence-electron chi connectivity index (χ1n) is 10.5. The molecule has 27 heavy (non-hydrogen) atoms. The molecule has 0 N–H and O–H groups in total. The summed E-state index contributed by atoms with van der Waals surface area (Å²) in [4.78, 5) is 38.2. The van der Waals surface area contributed by atoms with Crippen LogP contribution in [0.15, 0.2) is 6.20 Å². The van der Waals surface area contributed by atoms with Gasteiger partial charge in [-0.15, -0.1) is 0 Å². The second kappa shape index (κ2) is 7.95. The fraction of sp³-hybridized carbons (Fsp3) is 0.714. The highest BCUT2D eigenvalue weighted by atomic mass is 16.2. The first kappa shape index (κ1) is 18.4. The molecule has 0 aromatic carbocycles. The number of aromatic nitrogens is 2. The number of hydrogen-bond acceptors (Lipinski definition) is 4. The molecule has 4 rings (SSSR count). The normalized spacial score (nSPS) is 23.8. The minimum atomic E-state index is 0.00319. The van der Waals surface area contributed by atoms with Gasteiger partial charge in [-0.2, -0.15) is 0 Å². The van der Waals surface area contributed by atoms with Crippen molar-refractivity contribution in [1.82, 2.24) is 19.8 Å². The van der Waals surface area contributed by atoms with E-state index in [4.69, 9.17) is 4.98 Å². The van der Waals surface area contributed by atoms with Crippen molar-refractivity contribution < 1.29 is 9.59 Å². The molecule has 146 valence electrons. The molecular formula is C21H30N4O2. The number of carbonyl (C=O) groups excluding carboxylic acids is 2. The highest BCUT2D eigenvalue weighted by molar-refractivity contribution is 5.79. The molecule has 1 saturated heterocycles. The van der Waals surface area contributed by atoms with Crippen LogP contribution in [0.4, 0.5) is 0 Å². The molecular weight excluding hydrogens is 340 g/mol. The lowest BCUT2D eigenvalue weighted by molar-refractivity contribution is -0.137. The number of likely N-dealkylation sites (tertiary alicyclic amines) is 1. The summed E-state index contributed by atoms with van der Waals surface area (Å²) in [6, 6.07) is 0.00319. The summed E-state index contributed by atoms with van der Waals surface area (Å²) in [5.74, 6) is 1.41. The van der Waals surface area contributed by atoms with E-state index < -0.39 is 0 Å². The monoisotopic (exact) mass is 370 g/mol. The number of nitrogens with zero attached hydrogens (tertiary/aromatic N) is 4. The molecule has 2 amide bonds. The minimum Gasteiger partial charge on any atom is -0.338 e. The van der Waals surface area contributed by atoms with Gasteiger partial charge in [0.05, 0.1) is 11.7 Å². The molecule has 2 aliphatic heterocycles. The Labute approximate surface area is 161 Å². The van der Waals surface area contributed by atoms with Crippen molar-refractivity contribution in [2.24, 2.45) is 5.92 Å². The molecule has 0 spiro atoms. The summed E-state index contributed by atoms with van der Waals surface area (Å²) in [7, 11) is 0. The standard InChI is InChI=1S/C21H30N4O2/c1-15(26)25-11-6-5-9-19(25)20-22-13-17-14-24(12-10-18(17)23-20)21(27)16-7-3-2-4-8-16/h13,16,19H,2-12,14H2,1H3. The van der Waals surface area contributed by atoms with Gasteiger partial charge in [0.25, 0.3) is 0 Å². The summed E-state index contributed by atoms with van der Waals surface area (Å²) in [5.41, 5.74) is 2.13. The second-order valence-corrected chi connectivity index (χ2v) is 8.27.